The van der Waals surface area contributed by atoms with Crippen molar-refractivity contribution in [2.75, 3.05) is 21.3 Å². The molecule has 3 rings (SSSR count). The predicted octanol–water partition coefficient (Wildman–Crippen LogP) is 3.87. The molecule has 5 nitrogen and oxygen atoms in total. The number of para-hydroxylation sites is 1. The number of hydrogen-bond donors (Lipinski definition) is 0. The molecule has 5 heteroatoms. The largest absolute Gasteiger partial charge is 0.497 e. The van der Waals surface area contributed by atoms with Gasteiger partial charge in [-0.2, -0.15) is 5.10 Å². The molecule has 0 fully saturated rings. The molecule has 124 valence electrons. The van der Waals surface area contributed by atoms with Crippen molar-refractivity contribution in [1.82, 2.24) is 9.78 Å². The third kappa shape index (κ3) is 2.69. The van der Waals surface area contributed by atoms with E-state index in [1.807, 2.05) is 55.5 Å². The van der Waals surface area contributed by atoms with Gasteiger partial charge in [-0.05, 0) is 31.2 Å². The zero-order chi connectivity index (χ0) is 17.1. The highest BCUT2D eigenvalue weighted by atomic mass is 16.5. The van der Waals surface area contributed by atoms with E-state index < -0.39 is 0 Å². The van der Waals surface area contributed by atoms with E-state index in [1.54, 1.807) is 26.0 Å². The first-order chi connectivity index (χ1) is 11.7. The maximum atomic E-state index is 5.68. The smallest absolute Gasteiger partial charge is 0.224 e. The summed E-state index contributed by atoms with van der Waals surface area (Å²) in [5.74, 6) is 2.12. The van der Waals surface area contributed by atoms with Gasteiger partial charge in [0.05, 0.1) is 38.3 Å². The van der Waals surface area contributed by atoms with Crippen LogP contribution in [0.1, 0.15) is 5.69 Å². The minimum absolute atomic E-state index is 0.669. The van der Waals surface area contributed by atoms with Gasteiger partial charge in [-0.3, -0.25) is 0 Å². The van der Waals surface area contributed by atoms with Crippen molar-refractivity contribution in [2.45, 2.75) is 6.92 Å². The molecule has 0 radical (unpaired) electrons. The van der Waals surface area contributed by atoms with Crippen LogP contribution in [0.2, 0.25) is 0 Å². The summed E-state index contributed by atoms with van der Waals surface area (Å²) in [5.41, 5.74) is 3.62. The topological polar surface area (TPSA) is 45.5 Å². The van der Waals surface area contributed by atoms with Gasteiger partial charge in [-0.15, -0.1) is 0 Å². The van der Waals surface area contributed by atoms with E-state index in [2.05, 4.69) is 5.10 Å². The van der Waals surface area contributed by atoms with Crippen LogP contribution in [0.15, 0.2) is 48.5 Å². The Bertz CT molecular complexity index is 841. The van der Waals surface area contributed by atoms with Gasteiger partial charge in [0.25, 0.3) is 0 Å². The number of rotatable bonds is 5. The molecule has 0 saturated heterocycles. The van der Waals surface area contributed by atoms with E-state index in [0.29, 0.717) is 11.6 Å². The third-order valence-corrected chi connectivity index (χ3v) is 3.89. The van der Waals surface area contributed by atoms with Crippen molar-refractivity contribution >= 4 is 0 Å². The van der Waals surface area contributed by atoms with Gasteiger partial charge >= 0.3 is 0 Å². The molecule has 0 aliphatic carbocycles. The second-order valence-electron chi connectivity index (χ2n) is 5.28. The Hall–Kier alpha value is -2.95. The monoisotopic (exact) mass is 324 g/mol. The van der Waals surface area contributed by atoms with Crippen LogP contribution in [0, 0.1) is 6.92 Å². The normalized spacial score (nSPS) is 10.5. The highest BCUT2D eigenvalue weighted by Gasteiger charge is 2.21. The van der Waals surface area contributed by atoms with Crippen molar-refractivity contribution in [1.29, 1.82) is 0 Å². The first-order valence-electron chi connectivity index (χ1n) is 7.61. The Morgan fingerprint density at radius 2 is 1.62 bits per heavy atom. The van der Waals surface area contributed by atoms with Crippen LogP contribution in [0.3, 0.4) is 0 Å². The Balaban J connectivity index is 2.21. The number of hydrogen-bond acceptors (Lipinski definition) is 4. The molecule has 0 aliphatic rings. The molecule has 0 aliphatic heterocycles. The van der Waals surface area contributed by atoms with Crippen LogP contribution in [-0.4, -0.2) is 31.1 Å². The second kappa shape index (κ2) is 6.66. The van der Waals surface area contributed by atoms with Gasteiger partial charge in [0.15, 0.2) is 0 Å². The Labute approximate surface area is 141 Å². The van der Waals surface area contributed by atoms with Crippen LogP contribution >= 0.6 is 0 Å². The maximum Gasteiger partial charge on any atom is 0.224 e. The van der Waals surface area contributed by atoms with Gasteiger partial charge in [0, 0.05) is 11.6 Å². The van der Waals surface area contributed by atoms with Crippen LogP contribution in [0.4, 0.5) is 0 Å². The number of benzene rings is 2. The van der Waals surface area contributed by atoms with Gasteiger partial charge in [0.2, 0.25) is 5.88 Å². The number of aromatic nitrogens is 2. The van der Waals surface area contributed by atoms with Crippen LogP contribution < -0.4 is 14.2 Å². The molecule has 3 aromatic rings. The van der Waals surface area contributed by atoms with Crippen LogP contribution in [-0.2, 0) is 0 Å². The van der Waals surface area contributed by atoms with E-state index in [-0.39, 0.29) is 0 Å². The predicted molar refractivity (Wildman–Crippen MR) is 93.4 cm³/mol. The van der Waals surface area contributed by atoms with Gasteiger partial charge in [-0.25, -0.2) is 4.68 Å². The van der Waals surface area contributed by atoms with E-state index in [4.69, 9.17) is 14.2 Å². The van der Waals surface area contributed by atoms with Gasteiger partial charge in [-0.1, -0.05) is 18.2 Å². The number of methoxy groups -OCH3 is 3. The fraction of sp³-hybridized carbons (Fsp3) is 0.211. The van der Waals surface area contributed by atoms with Crippen molar-refractivity contribution in [3.8, 4) is 34.2 Å². The van der Waals surface area contributed by atoms with Crippen molar-refractivity contribution in [3.63, 3.8) is 0 Å². The summed E-state index contributed by atoms with van der Waals surface area (Å²) in [6, 6.07) is 15.6. The molecule has 0 atom stereocenters. The lowest BCUT2D eigenvalue weighted by molar-refractivity contribution is 0.383. The van der Waals surface area contributed by atoms with Crippen molar-refractivity contribution in [3.05, 3.63) is 54.2 Å². The number of aryl methyl sites for hydroxylation is 1. The maximum absolute atomic E-state index is 5.68. The van der Waals surface area contributed by atoms with Crippen molar-refractivity contribution < 1.29 is 14.2 Å². The second-order valence-corrected chi connectivity index (χ2v) is 5.28. The summed E-state index contributed by atoms with van der Waals surface area (Å²) in [6.45, 7) is 1.96. The summed E-state index contributed by atoms with van der Waals surface area (Å²) in [5, 5.41) is 4.65. The van der Waals surface area contributed by atoms with Gasteiger partial charge < -0.3 is 14.2 Å². The van der Waals surface area contributed by atoms with Gasteiger partial charge in [0.1, 0.15) is 11.5 Å². The number of nitrogens with zero attached hydrogens (tertiary/aromatic N) is 2. The Morgan fingerprint density at radius 3 is 2.25 bits per heavy atom. The first-order valence-corrected chi connectivity index (χ1v) is 7.61. The molecule has 0 saturated carbocycles. The van der Waals surface area contributed by atoms with E-state index in [9.17, 15) is 0 Å². The van der Waals surface area contributed by atoms with Crippen LogP contribution in [0.25, 0.3) is 16.8 Å². The highest BCUT2D eigenvalue weighted by Crippen LogP contribution is 2.41. The molecule has 0 N–H and O–H groups in total. The molecular formula is C19H20N2O3. The Morgan fingerprint density at radius 1 is 0.875 bits per heavy atom. The highest BCUT2D eigenvalue weighted by molar-refractivity contribution is 5.78. The lowest BCUT2D eigenvalue weighted by atomic mass is 10.0. The number of ether oxygens (including phenoxy) is 3. The lowest BCUT2D eigenvalue weighted by Gasteiger charge is -2.12. The fourth-order valence-electron chi connectivity index (χ4n) is 2.75. The summed E-state index contributed by atoms with van der Waals surface area (Å²) in [6.07, 6.45) is 0. The standard InChI is InChI=1S/C19H20N2O3/c1-13-18(16-11-10-15(22-2)12-17(16)23-3)19(24-4)21(20-13)14-8-6-5-7-9-14/h5-12H,1-4H3. The molecule has 2 aromatic carbocycles. The zero-order valence-electron chi connectivity index (χ0n) is 14.2. The van der Waals surface area contributed by atoms with Crippen LogP contribution in [0.5, 0.6) is 17.4 Å². The summed E-state index contributed by atoms with van der Waals surface area (Å²) in [4.78, 5) is 0. The zero-order valence-corrected chi connectivity index (χ0v) is 14.2. The fourth-order valence-corrected chi connectivity index (χ4v) is 2.75. The van der Waals surface area contributed by atoms with Crippen molar-refractivity contribution in [2.24, 2.45) is 0 Å². The molecule has 0 amide bonds. The summed E-state index contributed by atoms with van der Waals surface area (Å²) >= 11 is 0. The SMILES string of the molecule is COc1ccc(-c2c(C)nn(-c3ccccc3)c2OC)c(OC)c1. The molecule has 24 heavy (non-hydrogen) atoms. The molecule has 0 bridgehead atoms. The minimum Gasteiger partial charge on any atom is -0.497 e. The lowest BCUT2D eigenvalue weighted by Crippen LogP contribution is -2.00. The first kappa shape index (κ1) is 15.9. The molecule has 0 spiro atoms. The summed E-state index contributed by atoms with van der Waals surface area (Å²) < 4.78 is 18.3. The molecule has 0 unspecified atom stereocenters. The van der Waals surface area contributed by atoms with E-state index in [0.717, 1.165) is 28.3 Å². The Kier molecular flexibility index (Phi) is 4.42. The minimum atomic E-state index is 0.669. The third-order valence-electron chi connectivity index (χ3n) is 3.89. The van der Waals surface area contributed by atoms with E-state index >= 15 is 0 Å². The van der Waals surface area contributed by atoms with E-state index in [1.165, 1.54) is 0 Å². The average molecular weight is 324 g/mol. The molecular weight excluding hydrogens is 304 g/mol. The molecule has 1 aromatic heterocycles. The molecule has 1 heterocycles. The quantitative estimate of drug-likeness (QED) is 0.714. The average Bonchev–Trinajstić information content (AvgIpc) is 2.98. The summed E-state index contributed by atoms with van der Waals surface area (Å²) in [7, 11) is 4.92.